The average molecular weight is 363 g/mol. The number of ether oxygens (including phenoxy) is 2. The van der Waals surface area contributed by atoms with Gasteiger partial charge in [0.1, 0.15) is 18.3 Å². The van der Waals surface area contributed by atoms with Gasteiger partial charge in [0.05, 0.1) is 11.8 Å². The predicted octanol–water partition coefficient (Wildman–Crippen LogP) is 1.23. The number of methoxy groups -OCH3 is 1. The summed E-state index contributed by atoms with van der Waals surface area (Å²) in [6.45, 7) is 1.96. The summed E-state index contributed by atoms with van der Waals surface area (Å²) in [5.74, 6) is 1.33. The van der Waals surface area contributed by atoms with E-state index in [2.05, 4.69) is 4.90 Å². The second-order valence-corrected chi connectivity index (χ2v) is 7.66. The minimum absolute atomic E-state index is 0.408. The smallest absolute Gasteiger partial charge is 0.228 e. The third-order valence-corrected chi connectivity index (χ3v) is 5.91. The van der Waals surface area contributed by atoms with Crippen molar-refractivity contribution in [3.8, 4) is 5.88 Å². The number of aliphatic hydroxyl groups excluding tert-OH is 2. The van der Waals surface area contributed by atoms with Crippen LogP contribution in [0.4, 0.5) is 5.95 Å². The Hall–Kier alpha value is -1.44. The van der Waals surface area contributed by atoms with E-state index in [0.29, 0.717) is 12.3 Å². The van der Waals surface area contributed by atoms with Crippen LogP contribution in [0.15, 0.2) is 0 Å². The first-order valence-corrected chi connectivity index (χ1v) is 9.87. The van der Waals surface area contributed by atoms with Crippen molar-refractivity contribution in [2.75, 3.05) is 25.1 Å². The molecule has 1 saturated heterocycles. The lowest BCUT2D eigenvalue weighted by Gasteiger charge is -2.29. The Balaban J connectivity index is 1.61. The maximum atomic E-state index is 10.3. The Morgan fingerprint density at radius 1 is 0.923 bits per heavy atom. The molecule has 4 atom stereocenters. The van der Waals surface area contributed by atoms with Crippen LogP contribution in [0.25, 0.3) is 0 Å². The van der Waals surface area contributed by atoms with Gasteiger partial charge in [0, 0.05) is 32.2 Å². The Bertz CT molecular complexity index is 635. The largest absolute Gasteiger partial charge is 0.471 e. The van der Waals surface area contributed by atoms with Gasteiger partial charge in [-0.15, -0.1) is 0 Å². The molecule has 26 heavy (non-hydrogen) atoms. The number of aliphatic hydroxyl groups is 2. The monoisotopic (exact) mass is 363 g/mol. The fourth-order valence-corrected chi connectivity index (χ4v) is 4.32. The van der Waals surface area contributed by atoms with E-state index >= 15 is 0 Å². The zero-order valence-electron chi connectivity index (χ0n) is 15.4. The molecule has 144 valence electrons. The van der Waals surface area contributed by atoms with E-state index in [9.17, 15) is 10.2 Å². The van der Waals surface area contributed by atoms with Crippen LogP contribution >= 0.6 is 0 Å². The van der Waals surface area contributed by atoms with E-state index in [1.165, 1.54) is 19.3 Å². The van der Waals surface area contributed by atoms with E-state index in [0.717, 1.165) is 56.0 Å². The molecule has 2 aliphatic carbocycles. The zero-order valence-corrected chi connectivity index (χ0v) is 15.4. The maximum absolute atomic E-state index is 10.3. The summed E-state index contributed by atoms with van der Waals surface area (Å²) in [5.41, 5.74) is 2.15. The van der Waals surface area contributed by atoms with Gasteiger partial charge in [0.2, 0.25) is 11.8 Å². The minimum atomic E-state index is -0.965. The summed E-state index contributed by atoms with van der Waals surface area (Å²) in [6, 6.07) is 0. The first-order valence-electron chi connectivity index (χ1n) is 9.87. The van der Waals surface area contributed by atoms with Gasteiger partial charge in [0.25, 0.3) is 0 Å². The molecular formula is C19H29N3O4. The van der Waals surface area contributed by atoms with Gasteiger partial charge in [-0.1, -0.05) is 0 Å². The van der Waals surface area contributed by atoms with Crippen LogP contribution in [0.1, 0.15) is 49.8 Å². The molecule has 7 heteroatoms. The number of hydrogen-bond acceptors (Lipinski definition) is 7. The maximum Gasteiger partial charge on any atom is 0.228 e. The van der Waals surface area contributed by atoms with Crippen molar-refractivity contribution in [1.29, 1.82) is 0 Å². The van der Waals surface area contributed by atoms with E-state index < -0.39 is 24.4 Å². The van der Waals surface area contributed by atoms with E-state index in [4.69, 9.17) is 19.4 Å². The van der Waals surface area contributed by atoms with Crippen molar-refractivity contribution < 1.29 is 19.7 Å². The van der Waals surface area contributed by atoms with Crippen LogP contribution in [0, 0.1) is 0 Å². The molecule has 2 heterocycles. The summed E-state index contributed by atoms with van der Waals surface area (Å²) >= 11 is 0. The fourth-order valence-electron chi connectivity index (χ4n) is 4.32. The minimum Gasteiger partial charge on any atom is -0.471 e. The van der Waals surface area contributed by atoms with Crippen LogP contribution in [-0.2, 0) is 17.6 Å². The number of rotatable bonds is 4. The third kappa shape index (κ3) is 3.40. The first-order chi connectivity index (χ1) is 12.7. The SMILES string of the molecule is CO[C@H]1C[C@@H](Oc2nc(N3CCCCC3)nc3c2CCCC3)[C@H](O)[C@@H]1O. The number of anilines is 1. The Morgan fingerprint density at radius 3 is 2.38 bits per heavy atom. The Labute approximate surface area is 154 Å². The van der Waals surface area contributed by atoms with Gasteiger partial charge >= 0.3 is 0 Å². The van der Waals surface area contributed by atoms with Crippen molar-refractivity contribution in [3.05, 3.63) is 11.3 Å². The highest BCUT2D eigenvalue weighted by Gasteiger charge is 2.44. The normalized spacial score (nSPS) is 31.7. The van der Waals surface area contributed by atoms with Gasteiger partial charge in [-0.05, 0) is 44.9 Å². The lowest BCUT2D eigenvalue weighted by molar-refractivity contribution is -0.0486. The number of aryl methyl sites for hydroxylation is 1. The van der Waals surface area contributed by atoms with Gasteiger partial charge in [-0.25, -0.2) is 4.98 Å². The van der Waals surface area contributed by atoms with Crippen LogP contribution in [-0.4, -0.2) is 64.8 Å². The molecule has 1 saturated carbocycles. The van der Waals surface area contributed by atoms with Crippen LogP contribution in [0.5, 0.6) is 5.88 Å². The molecule has 1 aromatic rings. The molecule has 1 aliphatic heterocycles. The van der Waals surface area contributed by atoms with Crippen molar-refractivity contribution in [2.45, 2.75) is 75.8 Å². The summed E-state index contributed by atoms with van der Waals surface area (Å²) < 4.78 is 11.4. The third-order valence-electron chi connectivity index (χ3n) is 5.91. The van der Waals surface area contributed by atoms with E-state index in [1.54, 1.807) is 7.11 Å². The van der Waals surface area contributed by atoms with Gasteiger partial charge in [0.15, 0.2) is 0 Å². The molecule has 0 bridgehead atoms. The predicted molar refractivity (Wildman–Crippen MR) is 96.6 cm³/mol. The summed E-state index contributed by atoms with van der Waals surface area (Å²) in [5, 5.41) is 20.4. The molecule has 7 nitrogen and oxygen atoms in total. The van der Waals surface area contributed by atoms with E-state index in [-0.39, 0.29) is 0 Å². The Kier molecular flexibility index (Phi) is 5.29. The summed E-state index contributed by atoms with van der Waals surface area (Å²) in [4.78, 5) is 11.8. The average Bonchev–Trinajstić information content (AvgIpc) is 2.96. The zero-order chi connectivity index (χ0) is 18.1. The van der Waals surface area contributed by atoms with Gasteiger partial charge < -0.3 is 24.6 Å². The molecule has 0 amide bonds. The molecule has 2 fully saturated rings. The number of piperidine rings is 1. The molecule has 0 radical (unpaired) electrons. The molecule has 1 aromatic heterocycles. The molecule has 0 unspecified atom stereocenters. The second kappa shape index (κ2) is 7.66. The molecule has 3 aliphatic rings. The number of aromatic nitrogens is 2. The summed E-state index contributed by atoms with van der Waals surface area (Å²) in [6.07, 6.45) is 5.34. The number of nitrogens with zero attached hydrogens (tertiary/aromatic N) is 3. The molecule has 0 spiro atoms. The van der Waals surface area contributed by atoms with Crippen molar-refractivity contribution >= 4 is 5.95 Å². The Morgan fingerprint density at radius 2 is 1.65 bits per heavy atom. The van der Waals surface area contributed by atoms with Crippen LogP contribution in [0.3, 0.4) is 0 Å². The number of fused-ring (bicyclic) bond motifs is 1. The lowest BCUT2D eigenvalue weighted by atomic mass is 9.97. The second-order valence-electron chi connectivity index (χ2n) is 7.66. The first kappa shape index (κ1) is 17.9. The molecular weight excluding hydrogens is 334 g/mol. The molecule has 4 rings (SSSR count). The van der Waals surface area contributed by atoms with Gasteiger partial charge in [-0.3, -0.25) is 0 Å². The number of hydrogen-bond donors (Lipinski definition) is 2. The van der Waals surface area contributed by atoms with E-state index in [1.807, 2.05) is 0 Å². The van der Waals surface area contributed by atoms with Gasteiger partial charge in [-0.2, -0.15) is 4.98 Å². The van der Waals surface area contributed by atoms with Crippen LogP contribution in [0.2, 0.25) is 0 Å². The summed E-state index contributed by atoms with van der Waals surface area (Å²) in [7, 11) is 1.55. The highest BCUT2D eigenvalue weighted by atomic mass is 16.5. The fraction of sp³-hybridized carbons (Fsp3) is 0.789. The highest BCUT2D eigenvalue weighted by Crippen LogP contribution is 2.33. The standard InChI is InChI=1S/C19H29N3O4/c1-25-14-11-15(17(24)16(14)23)26-18-12-7-3-4-8-13(12)20-19(21-18)22-9-5-2-6-10-22/h14-17,23-24H,2-11H2,1H3/t14-,15+,16+,17-/m0/s1. The molecule has 0 aromatic carbocycles. The molecule has 2 N–H and O–H groups in total. The topological polar surface area (TPSA) is 87.9 Å². The van der Waals surface area contributed by atoms with Crippen molar-refractivity contribution in [3.63, 3.8) is 0 Å². The lowest BCUT2D eigenvalue weighted by Crippen LogP contribution is -2.36. The quantitative estimate of drug-likeness (QED) is 0.832. The van der Waals surface area contributed by atoms with Crippen LogP contribution < -0.4 is 9.64 Å². The van der Waals surface area contributed by atoms with Crippen molar-refractivity contribution in [2.24, 2.45) is 0 Å². The van der Waals surface area contributed by atoms with Crippen molar-refractivity contribution in [1.82, 2.24) is 9.97 Å². The highest BCUT2D eigenvalue weighted by molar-refractivity contribution is 5.42.